The molecule has 0 fully saturated rings. The van der Waals surface area contributed by atoms with Crippen LogP contribution in [-0.4, -0.2) is 0 Å². The van der Waals surface area contributed by atoms with E-state index in [4.69, 9.17) is 16.3 Å². The van der Waals surface area contributed by atoms with Crippen LogP contribution >= 0.6 is 27.5 Å². The molecule has 0 aromatic heterocycles. The minimum absolute atomic E-state index is 0.541. The molecule has 0 unspecified atom stereocenters. The van der Waals surface area contributed by atoms with Crippen LogP contribution in [0, 0.1) is 6.92 Å². The number of hydrogen-bond acceptors (Lipinski definition) is 1. The van der Waals surface area contributed by atoms with Gasteiger partial charge >= 0.3 is 0 Å². The van der Waals surface area contributed by atoms with Crippen molar-refractivity contribution >= 4 is 27.5 Å². The van der Waals surface area contributed by atoms with Gasteiger partial charge < -0.3 is 4.74 Å². The quantitative estimate of drug-likeness (QED) is 0.776. The average Bonchev–Trinajstić information content (AvgIpc) is 2.31. The first-order chi connectivity index (χ1) is 8.15. The fraction of sp³-hybridized carbons (Fsp3) is 0.143. The van der Waals surface area contributed by atoms with Crippen LogP contribution in [0.25, 0.3) is 0 Å². The maximum Gasteiger partial charge on any atom is 0.120 e. The summed E-state index contributed by atoms with van der Waals surface area (Å²) >= 11 is 9.33. The number of benzene rings is 2. The molecule has 0 saturated heterocycles. The van der Waals surface area contributed by atoms with Crippen LogP contribution in [0.3, 0.4) is 0 Å². The predicted molar refractivity (Wildman–Crippen MR) is 74.7 cm³/mol. The maximum atomic E-state index is 5.93. The summed E-state index contributed by atoms with van der Waals surface area (Å²) in [5.74, 6) is 0.885. The number of hydrogen-bond donors (Lipinski definition) is 0. The minimum atomic E-state index is 0.541. The normalized spacial score (nSPS) is 10.3. The van der Waals surface area contributed by atoms with E-state index in [1.807, 2.05) is 49.4 Å². The lowest BCUT2D eigenvalue weighted by Crippen LogP contribution is -1.95. The van der Waals surface area contributed by atoms with E-state index in [-0.39, 0.29) is 0 Å². The van der Waals surface area contributed by atoms with Crippen LogP contribution < -0.4 is 4.74 Å². The van der Waals surface area contributed by atoms with Crippen LogP contribution in [-0.2, 0) is 6.61 Å². The zero-order valence-corrected chi connectivity index (χ0v) is 11.8. The highest BCUT2D eigenvalue weighted by Gasteiger charge is 2.00. The third-order valence-corrected chi connectivity index (χ3v) is 3.59. The molecule has 17 heavy (non-hydrogen) atoms. The summed E-state index contributed by atoms with van der Waals surface area (Å²) < 4.78 is 6.60. The molecule has 0 N–H and O–H groups in total. The van der Waals surface area contributed by atoms with Gasteiger partial charge in [0.25, 0.3) is 0 Å². The van der Waals surface area contributed by atoms with E-state index in [1.54, 1.807) is 0 Å². The molecule has 0 aliphatic carbocycles. The first-order valence-electron chi connectivity index (χ1n) is 5.28. The first-order valence-corrected chi connectivity index (χ1v) is 6.45. The van der Waals surface area contributed by atoms with Gasteiger partial charge in [0.15, 0.2) is 0 Å². The number of halogens is 2. The summed E-state index contributed by atoms with van der Waals surface area (Å²) in [5.41, 5.74) is 2.28. The Bertz CT molecular complexity index is 525. The number of ether oxygens (including phenoxy) is 1. The van der Waals surface area contributed by atoms with Crippen molar-refractivity contribution in [2.24, 2.45) is 0 Å². The van der Waals surface area contributed by atoms with Gasteiger partial charge in [-0.05, 0) is 58.2 Å². The molecule has 0 bridgehead atoms. The van der Waals surface area contributed by atoms with E-state index in [0.717, 1.165) is 15.8 Å². The Labute approximate surface area is 115 Å². The molecule has 0 heterocycles. The minimum Gasteiger partial charge on any atom is -0.489 e. The zero-order valence-electron chi connectivity index (χ0n) is 9.41. The van der Waals surface area contributed by atoms with Crippen molar-refractivity contribution in [2.75, 3.05) is 0 Å². The lowest BCUT2D eigenvalue weighted by atomic mass is 10.2. The van der Waals surface area contributed by atoms with Crippen molar-refractivity contribution in [1.82, 2.24) is 0 Å². The maximum absolute atomic E-state index is 5.93. The number of aryl methyl sites for hydroxylation is 1. The lowest BCUT2D eigenvalue weighted by molar-refractivity contribution is 0.306. The van der Waals surface area contributed by atoms with E-state index in [9.17, 15) is 0 Å². The Morgan fingerprint density at radius 1 is 1.18 bits per heavy atom. The summed E-state index contributed by atoms with van der Waals surface area (Å²) in [6.45, 7) is 2.59. The van der Waals surface area contributed by atoms with Crippen molar-refractivity contribution in [1.29, 1.82) is 0 Å². The third kappa shape index (κ3) is 3.48. The van der Waals surface area contributed by atoms with Gasteiger partial charge in [0.1, 0.15) is 12.4 Å². The highest BCUT2D eigenvalue weighted by Crippen LogP contribution is 2.24. The van der Waals surface area contributed by atoms with Gasteiger partial charge in [0.2, 0.25) is 0 Å². The van der Waals surface area contributed by atoms with Crippen LogP contribution in [0.15, 0.2) is 46.9 Å². The van der Waals surface area contributed by atoms with E-state index < -0.39 is 0 Å². The van der Waals surface area contributed by atoms with Crippen LogP contribution in [0.5, 0.6) is 5.75 Å². The Kier molecular flexibility index (Phi) is 4.08. The molecule has 2 aromatic rings. The molecule has 2 rings (SSSR count). The molecule has 0 saturated carbocycles. The second-order valence-electron chi connectivity index (χ2n) is 3.85. The van der Waals surface area contributed by atoms with Gasteiger partial charge in [-0.3, -0.25) is 0 Å². The van der Waals surface area contributed by atoms with Crippen LogP contribution in [0.2, 0.25) is 5.02 Å². The molecule has 2 aromatic carbocycles. The molecular formula is C14H12BrClO. The summed E-state index contributed by atoms with van der Waals surface area (Å²) in [6.07, 6.45) is 0. The van der Waals surface area contributed by atoms with Crippen molar-refractivity contribution in [3.05, 3.63) is 63.1 Å². The molecule has 88 valence electrons. The molecule has 3 heteroatoms. The molecular weight excluding hydrogens is 300 g/mol. The molecule has 0 spiro atoms. The molecule has 0 radical (unpaired) electrons. The predicted octanol–water partition coefficient (Wildman–Crippen LogP) is 4.99. The number of rotatable bonds is 3. The van der Waals surface area contributed by atoms with Crippen LogP contribution in [0.1, 0.15) is 11.1 Å². The summed E-state index contributed by atoms with van der Waals surface area (Å²) in [5, 5.41) is 0.712. The highest BCUT2D eigenvalue weighted by atomic mass is 79.9. The summed E-state index contributed by atoms with van der Waals surface area (Å²) in [6, 6.07) is 13.8. The van der Waals surface area contributed by atoms with Crippen molar-refractivity contribution in [3.8, 4) is 5.75 Å². The van der Waals surface area contributed by atoms with E-state index in [1.165, 1.54) is 5.56 Å². The first kappa shape index (κ1) is 12.5. The molecule has 0 atom stereocenters. The molecule has 0 aliphatic heterocycles. The van der Waals surface area contributed by atoms with Gasteiger partial charge in [0, 0.05) is 4.47 Å². The fourth-order valence-corrected chi connectivity index (χ4v) is 2.04. The Morgan fingerprint density at radius 3 is 2.71 bits per heavy atom. The Morgan fingerprint density at radius 2 is 2.00 bits per heavy atom. The summed E-state index contributed by atoms with van der Waals surface area (Å²) in [4.78, 5) is 0. The van der Waals surface area contributed by atoms with Gasteiger partial charge in [-0.2, -0.15) is 0 Å². The van der Waals surface area contributed by atoms with Gasteiger partial charge in [-0.25, -0.2) is 0 Å². The molecule has 1 nitrogen and oxygen atoms in total. The Balaban J connectivity index is 2.05. The van der Waals surface area contributed by atoms with Crippen molar-refractivity contribution in [2.45, 2.75) is 13.5 Å². The largest absolute Gasteiger partial charge is 0.489 e. The fourth-order valence-electron chi connectivity index (χ4n) is 1.50. The molecule has 0 aliphatic rings. The highest BCUT2D eigenvalue weighted by molar-refractivity contribution is 9.10. The SMILES string of the molecule is Cc1cccc(OCc2ccc(Cl)c(Br)c2)c1. The zero-order chi connectivity index (χ0) is 12.3. The van der Waals surface area contributed by atoms with Crippen molar-refractivity contribution < 1.29 is 4.74 Å². The van der Waals surface area contributed by atoms with Gasteiger partial charge in [0.05, 0.1) is 5.02 Å². The van der Waals surface area contributed by atoms with E-state index >= 15 is 0 Å². The standard InChI is InChI=1S/C14H12BrClO/c1-10-3-2-4-12(7-10)17-9-11-5-6-14(16)13(15)8-11/h2-8H,9H2,1H3. The van der Waals surface area contributed by atoms with E-state index in [0.29, 0.717) is 11.6 Å². The molecule has 0 amide bonds. The monoisotopic (exact) mass is 310 g/mol. The smallest absolute Gasteiger partial charge is 0.120 e. The third-order valence-electron chi connectivity index (χ3n) is 2.38. The van der Waals surface area contributed by atoms with Crippen molar-refractivity contribution in [3.63, 3.8) is 0 Å². The van der Waals surface area contributed by atoms with Gasteiger partial charge in [-0.1, -0.05) is 29.8 Å². The average molecular weight is 312 g/mol. The summed E-state index contributed by atoms with van der Waals surface area (Å²) in [7, 11) is 0. The van der Waals surface area contributed by atoms with Gasteiger partial charge in [-0.15, -0.1) is 0 Å². The lowest BCUT2D eigenvalue weighted by Gasteiger charge is -2.07. The Hall–Kier alpha value is -0.990. The topological polar surface area (TPSA) is 9.23 Å². The second kappa shape index (κ2) is 5.56. The van der Waals surface area contributed by atoms with E-state index in [2.05, 4.69) is 15.9 Å². The van der Waals surface area contributed by atoms with Crippen LogP contribution in [0.4, 0.5) is 0 Å². The second-order valence-corrected chi connectivity index (χ2v) is 5.12.